The number of aromatic nitrogens is 2. The molecule has 37 heavy (non-hydrogen) atoms. The summed E-state index contributed by atoms with van der Waals surface area (Å²) in [7, 11) is 1.78. The summed E-state index contributed by atoms with van der Waals surface area (Å²) >= 11 is 0. The second kappa shape index (κ2) is 9.39. The van der Waals surface area contributed by atoms with Crippen molar-refractivity contribution in [2.24, 2.45) is 0 Å². The molecule has 3 heterocycles. The predicted octanol–water partition coefficient (Wildman–Crippen LogP) is 4.27. The van der Waals surface area contributed by atoms with E-state index in [4.69, 9.17) is 9.72 Å². The van der Waals surface area contributed by atoms with Crippen molar-refractivity contribution in [1.82, 2.24) is 15.3 Å². The van der Waals surface area contributed by atoms with Gasteiger partial charge in [0.15, 0.2) is 0 Å². The highest BCUT2D eigenvalue weighted by molar-refractivity contribution is 6.01. The Balaban J connectivity index is 1.15. The van der Waals surface area contributed by atoms with Crippen molar-refractivity contribution in [3.8, 4) is 17.0 Å². The molecular formula is C29H25N5O3. The van der Waals surface area contributed by atoms with E-state index in [-0.39, 0.29) is 18.2 Å². The molecule has 8 heteroatoms. The van der Waals surface area contributed by atoms with Crippen molar-refractivity contribution >= 4 is 29.1 Å². The summed E-state index contributed by atoms with van der Waals surface area (Å²) in [6.07, 6.45) is 2.84. The average molecular weight is 492 g/mol. The van der Waals surface area contributed by atoms with Crippen LogP contribution in [0.3, 0.4) is 0 Å². The Morgan fingerprint density at radius 2 is 1.89 bits per heavy atom. The number of likely N-dealkylation sites (N-methyl/N-ethyl adjacent to an activating group) is 1. The first-order chi connectivity index (χ1) is 18.0. The Morgan fingerprint density at radius 3 is 2.76 bits per heavy atom. The summed E-state index contributed by atoms with van der Waals surface area (Å²) < 4.78 is 5.54. The second-order valence-electron chi connectivity index (χ2n) is 9.14. The van der Waals surface area contributed by atoms with Gasteiger partial charge in [-0.2, -0.15) is 0 Å². The van der Waals surface area contributed by atoms with Crippen LogP contribution < -0.4 is 20.3 Å². The summed E-state index contributed by atoms with van der Waals surface area (Å²) in [5, 5.41) is 6.19. The van der Waals surface area contributed by atoms with E-state index < -0.39 is 0 Å². The summed E-state index contributed by atoms with van der Waals surface area (Å²) in [4.78, 5) is 36.1. The smallest absolute Gasteiger partial charge is 0.251 e. The zero-order valence-corrected chi connectivity index (χ0v) is 20.3. The molecule has 0 spiro atoms. The molecule has 0 aliphatic carbocycles. The lowest BCUT2D eigenvalue weighted by atomic mass is 10.1. The van der Waals surface area contributed by atoms with Crippen LogP contribution >= 0.6 is 0 Å². The maximum absolute atomic E-state index is 12.7. The van der Waals surface area contributed by atoms with Crippen LogP contribution in [-0.2, 0) is 24.2 Å². The molecule has 0 atom stereocenters. The third-order valence-electron chi connectivity index (χ3n) is 6.71. The number of ether oxygens (including phenoxy) is 1. The first-order valence-electron chi connectivity index (χ1n) is 12.2. The number of nitrogens with zero attached hydrogens (tertiary/aromatic N) is 3. The van der Waals surface area contributed by atoms with Gasteiger partial charge < -0.3 is 20.3 Å². The average Bonchev–Trinajstić information content (AvgIpc) is 3.37. The van der Waals surface area contributed by atoms with Crippen LogP contribution in [0.25, 0.3) is 11.3 Å². The van der Waals surface area contributed by atoms with Gasteiger partial charge in [-0.3, -0.25) is 9.59 Å². The van der Waals surface area contributed by atoms with Crippen LogP contribution in [0.1, 0.15) is 27.0 Å². The lowest BCUT2D eigenvalue weighted by Gasteiger charge is -2.16. The van der Waals surface area contributed by atoms with Crippen molar-refractivity contribution in [3.63, 3.8) is 0 Å². The molecule has 184 valence electrons. The fourth-order valence-electron chi connectivity index (χ4n) is 4.68. The molecule has 4 aromatic rings. The van der Waals surface area contributed by atoms with Crippen LogP contribution in [-0.4, -0.2) is 35.4 Å². The highest BCUT2D eigenvalue weighted by Gasteiger charge is 2.24. The number of hydrogen-bond donors (Lipinski definition) is 2. The maximum Gasteiger partial charge on any atom is 0.251 e. The minimum Gasteiger partial charge on any atom is -0.493 e. The number of para-hydroxylation sites is 1. The molecule has 1 aromatic heterocycles. The van der Waals surface area contributed by atoms with Gasteiger partial charge in [0, 0.05) is 48.6 Å². The maximum atomic E-state index is 12.7. The third-order valence-corrected chi connectivity index (χ3v) is 6.71. The number of carbonyl (C=O) groups is 2. The number of anilines is 3. The first-order valence-corrected chi connectivity index (χ1v) is 12.2. The molecule has 3 aromatic carbocycles. The monoisotopic (exact) mass is 491 g/mol. The van der Waals surface area contributed by atoms with Gasteiger partial charge >= 0.3 is 0 Å². The zero-order chi connectivity index (χ0) is 25.4. The Morgan fingerprint density at radius 1 is 1.05 bits per heavy atom. The van der Waals surface area contributed by atoms with Crippen LogP contribution in [0, 0.1) is 0 Å². The fourth-order valence-corrected chi connectivity index (χ4v) is 4.68. The van der Waals surface area contributed by atoms with Gasteiger partial charge in [0.2, 0.25) is 11.9 Å². The zero-order valence-electron chi connectivity index (χ0n) is 20.3. The molecule has 0 bridgehead atoms. The van der Waals surface area contributed by atoms with E-state index in [1.54, 1.807) is 30.3 Å². The van der Waals surface area contributed by atoms with E-state index in [1.165, 1.54) is 5.56 Å². The van der Waals surface area contributed by atoms with Crippen molar-refractivity contribution in [2.45, 2.75) is 19.4 Å². The second-order valence-corrected chi connectivity index (χ2v) is 9.14. The lowest BCUT2D eigenvalue weighted by molar-refractivity contribution is -0.117. The van der Waals surface area contributed by atoms with E-state index in [1.807, 2.05) is 48.5 Å². The molecule has 2 aliphatic heterocycles. The summed E-state index contributed by atoms with van der Waals surface area (Å²) in [5.41, 5.74) is 6.78. The van der Waals surface area contributed by atoms with Gasteiger partial charge in [-0.05, 0) is 47.5 Å². The Bertz CT molecular complexity index is 1520. The fraction of sp³-hybridized carbons (Fsp3) is 0.172. The molecule has 0 unspecified atom stereocenters. The minimum atomic E-state index is -0.144. The van der Waals surface area contributed by atoms with Gasteiger partial charge in [0.1, 0.15) is 5.75 Å². The number of amides is 2. The van der Waals surface area contributed by atoms with E-state index in [0.29, 0.717) is 24.7 Å². The predicted molar refractivity (Wildman–Crippen MR) is 141 cm³/mol. The van der Waals surface area contributed by atoms with Crippen molar-refractivity contribution in [3.05, 3.63) is 95.2 Å². The van der Waals surface area contributed by atoms with Gasteiger partial charge in [0.25, 0.3) is 5.91 Å². The molecule has 2 aliphatic rings. The SMILES string of the molecule is CN1C(=O)Cc2cnc(Nc3ccc(C(=O)NCc4ccc5c(c4)CCO5)cc3)nc2-c2ccccc21. The minimum absolute atomic E-state index is 0.00503. The van der Waals surface area contributed by atoms with Crippen molar-refractivity contribution < 1.29 is 14.3 Å². The standard InChI is InChI=1S/C29H25N5O3/c1-34-24-5-3-2-4-23(24)27-21(15-26(34)35)17-31-29(33-27)32-22-9-7-19(8-10-22)28(36)30-16-18-6-11-25-20(14-18)12-13-37-25/h2-11,14,17H,12-13,15-16H2,1H3,(H,30,36)(H,31,32,33). The largest absolute Gasteiger partial charge is 0.493 e. The lowest BCUT2D eigenvalue weighted by Crippen LogP contribution is -2.26. The molecule has 2 amide bonds. The first kappa shape index (κ1) is 22.7. The van der Waals surface area contributed by atoms with Crippen molar-refractivity contribution in [1.29, 1.82) is 0 Å². The van der Waals surface area contributed by atoms with E-state index in [2.05, 4.69) is 21.7 Å². The molecule has 0 radical (unpaired) electrons. The number of fused-ring (bicyclic) bond motifs is 4. The van der Waals surface area contributed by atoms with Crippen LogP contribution in [0.15, 0.2) is 72.9 Å². The molecular weight excluding hydrogens is 466 g/mol. The normalized spacial score (nSPS) is 13.6. The van der Waals surface area contributed by atoms with Gasteiger partial charge in [0.05, 0.1) is 24.4 Å². The topological polar surface area (TPSA) is 96.5 Å². The van der Waals surface area contributed by atoms with Gasteiger partial charge in [-0.1, -0.05) is 30.3 Å². The molecule has 0 saturated carbocycles. The number of carbonyl (C=O) groups excluding carboxylic acids is 2. The summed E-state index contributed by atoms with van der Waals surface area (Å²) in [6, 6.07) is 20.9. The Labute approximate surface area is 214 Å². The van der Waals surface area contributed by atoms with E-state index >= 15 is 0 Å². The number of benzene rings is 3. The van der Waals surface area contributed by atoms with E-state index in [9.17, 15) is 9.59 Å². The van der Waals surface area contributed by atoms with E-state index in [0.717, 1.165) is 45.9 Å². The molecule has 2 N–H and O–H groups in total. The number of hydrogen-bond acceptors (Lipinski definition) is 6. The van der Waals surface area contributed by atoms with Crippen LogP contribution in [0.4, 0.5) is 17.3 Å². The number of nitrogens with one attached hydrogen (secondary N) is 2. The van der Waals surface area contributed by atoms with Gasteiger partial charge in [-0.15, -0.1) is 0 Å². The molecule has 6 rings (SSSR count). The molecule has 0 saturated heterocycles. The quantitative estimate of drug-likeness (QED) is 0.433. The van der Waals surface area contributed by atoms with Crippen LogP contribution in [0.5, 0.6) is 5.75 Å². The molecule has 8 nitrogen and oxygen atoms in total. The number of rotatable bonds is 5. The highest BCUT2D eigenvalue weighted by atomic mass is 16.5. The summed E-state index contributed by atoms with van der Waals surface area (Å²) in [5.74, 6) is 1.20. The van der Waals surface area contributed by atoms with Crippen molar-refractivity contribution in [2.75, 3.05) is 23.9 Å². The third kappa shape index (κ3) is 4.49. The highest BCUT2D eigenvalue weighted by Crippen LogP contribution is 2.35. The molecule has 0 fully saturated rings. The van der Waals surface area contributed by atoms with Gasteiger partial charge in [-0.25, -0.2) is 9.97 Å². The Kier molecular flexibility index (Phi) is 5.76. The van der Waals surface area contributed by atoms with Crippen LogP contribution in [0.2, 0.25) is 0 Å². The summed E-state index contributed by atoms with van der Waals surface area (Å²) in [6.45, 7) is 1.17. The Hall–Kier alpha value is -4.72.